The molecule has 1 atom stereocenters. The van der Waals surface area contributed by atoms with Crippen LogP contribution in [0.3, 0.4) is 0 Å². The van der Waals surface area contributed by atoms with E-state index in [1.165, 1.54) is 11.8 Å². The summed E-state index contributed by atoms with van der Waals surface area (Å²) in [6.45, 7) is 5.56. The smallest absolute Gasteiger partial charge is 0.335 e. The van der Waals surface area contributed by atoms with Crippen LogP contribution in [-0.2, 0) is 19.1 Å². The number of rotatable bonds is 11. The monoisotopic (exact) mass is 490 g/mol. The summed E-state index contributed by atoms with van der Waals surface area (Å²) in [6.07, 6.45) is 13.2. The van der Waals surface area contributed by atoms with Crippen LogP contribution in [0.15, 0.2) is 63.0 Å². The number of carbonyl (C=O) groups is 1. The Morgan fingerprint density at radius 1 is 1.41 bits per heavy atom. The van der Waals surface area contributed by atoms with Gasteiger partial charge in [0.05, 0.1) is 37.6 Å². The number of aliphatic hydroxyl groups is 1. The van der Waals surface area contributed by atoms with Gasteiger partial charge in [0.1, 0.15) is 16.6 Å². The van der Waals surface area contributed by atoms with E-state index in [0.717, 1.165) is 30.0 Å². The van der Waals surface area contributed by atoms with E-state index in [0.29, 0.717) is 30.3 Å². The fourth-order valence-electron chi connectivity index (χ4n) is 3.37. The molecule has 0 saturated carbocycles. The van der Waals surface area contributed by atoms with Crippen LogP contribution in [0.4, 0.5) is 0 Å². The lowest BCUT2D eigenvalue weighted by atomic mass is 10.1. The third kappa shape index (κ3) is 8.83. The summed E-state index contributed by atoms with van der Waals surface area (Å²) in [5.74, 6) is 1.77. The van der Waals surface area contributed by atoms with Gasteiger partial charge in [-0.2, -0.15) is 0 Å². The zero-order chi connectivity index (χ0) is 24.8. The molecule has 0 aromatic carbocycles. The Morgan fingerprint density at radius 3 is 2.94 bits per heavy atom. The molecule has 9 nitrogen and oxygen atoms in total. The second-order valence-electron chi connectivity index (χ2n) is 7.49. The summed E-state index contributed by atoms with van der Waals surface area (Å²) in [5, 5.41) is 23.1. The predicted octanol–water partition coefficient (Wildman–Crippen LogP) is 4.71. The lowest BCUT2D eigenvalue weighted by molar-refractivity contribution is -0.143. The van der Waals surface area contributed by atoms with E-state index in [2.05, 4.69) is 33.0 Å². The second kappa shape index (κ2) is 15.1. The summed E-state index contributed by atoms with van der Waals surface area (Å²) >= 11 is 1.52. The average molecular weight is 491 g/mol. The number of thioether (sulfide) groups is 1. The minimum atomic E-state index is -0.411. The highest BCUT2D eigenvalue weighted by Crippen LogP contribution is 2.27. The van der Waals surface area contributed by atoms with E-state index in [-0.39, 0.29) is 24.7 Å². The molecular formula is C24H34N4O5S. The van der Waals surface area contributed by atoms with Gasteiger partial charge in [0.2, 0.25) is 0 Å². The molecule has 1 heterocycles. The highest BCUT2D eigenvalue weighted by molar-refractivity contribution is 8.14. The standard InChI is InChI=1S/C24H34N4O5S/c1-5-10-18(29)15-22-26-27-23(34-14-9-13-24(30)33-25-2)17-28(22)20-16-19(31-3)11-7-6-8-12-21(20)32-4/h6,8,10,12,16,19,29H,2,5,7,9,11,13-15,17H2,1,3-4H3/b8-6-,18-10-,20-16?,21-12?. The number of carbonyl (C=O) groups excluding carboxylic acids is 1. The Kier molecular flexibility index (Phi) is 12.2. The summed E-state index contributed by atoms with van der Waals surface area (Å²) < 4.78 is 11.4. The van der Waals surface area contributed by atoms with Crippen molar-refractivity contribution >= 4 is 35.3 Å². The van der Waals surface area contributed by atoms with E-state index in [1.807, 2.05) is 30.1 Å². The summed E-state index contributed by atoms with van der Waals surface area (Å²) in [6, 6.07) is 0. The number of nitrogens with zero attached hydrogens (tertiary/aromatic N) is 4. The Hall–Kier alpha value is -2.85. The van der Waals surface area contributed by atoms with Crippen molar-refractivity contribution in [3.63, 3.8) is 0 Å². The third-order valence-corrected chi connectivity index (χ3v) is 6.07. The number of allylic oxidation sites excluding steroid dienone is 4. The van der Waals surface area contributed by atoms with Gasteiger partial charge in [0.25, 0.3) is 0 Å². The van der Waals surface area contributed by atoms with E-state index in [9.17, 15) is 9.90 Å². The van der Waals surface area contributed by atoms with Crippen LogP contribution >= 0.6 is 11.8 Å². The third-order valence-electron chi connectivity index (χ3n) is 5.03. The minimum absolute atomic E-state index is 0.114. The first-order valence-electron chi connectivity index (χ1n) is 11.3. The molecule has 0 aromatic rings. The van der Waals surface area contributed by atoms with Crippen LogP contribution in [0, 0.1) is 0 Å². The number of hydrogen-bond donors (Lipinski definition) is 1. The largest absolute Gasteiger partial charge is 0.512 e. The van der Waals surface area contributed by atoms with Crippen molar-refractivity contribution < 1.29 is 24.2 Å². The molecular weight excluding hydrogens is 456 g/mol. The van der Waals surface area contributed by atoms with Crippen LogP contribution in [0.5, 0.6) is 0 Å². The maximum Gasteiger partial charge on any atom is 0.335 e. The fourth-order valence-corrected chi connectivity index (χ4v) is 4.21. The molecule has 1 N–H and O–H groups in total. The number of hydrogen-bond acceptors (Lipinski definition) is 10. The van der Waals surface area contributed by atoms with Crippen LogP contribution in [0.1, 0.15) is 45.4 Å². The van der Waals surface area contributed by atoms with Crippen LogP contribution in [0.25, 0.3) is 0 Å². The maximum absolute atomic E-state index is 11.5. The number of aliphatic hydroxyl groups excluding tert-OH is 1. The molecule has 0 saturated heterocycles. The molecule has 186 valence electrons. The Labute approximate surface area is 205 Å². The van der Waals surface area contributed by atoms with E-state index in [4.69, 9.17) is 9.47 Å². The Bertz CT molecular complexity index is 892. The van der Waals surface area contributed by atoms with E-state index >= 15 is 0 Å². The fraction of sp³-hybridized carbons (Fsp3) is 0.500. The molecule has 0 bridgehead atoms. The van der Waals surface area contributed by atoms with Gasteiger partial charge in [0.15, 0.2) is 0 Å². The molecule has 2 aliphatic rings. The number of ether oxygens (including phenoxy) is 2. The first-order valence-corrected chi connectivity index (χ1v) is 12.2. The van der Waals surface area contributed by atoms with Crippen molar-refractivity contribution in [3.8, 4) is 0 Å². The molecule has 0 fully saturated rings. The number of oxime groups is 1. The van der Waals surface area contributed by atoms with Gasteiger partial charge >= 0.3 is 5.97 Å². The van der Waals surface area contributed by atoms with E-state index < -0.39 is 5.97 Å². The quantitative estimate of drug-likeness (QED) is 0.147. The van der Waals surface area contributed by atoms with Crippen molar-refractivity contribution in [1.29, 1.82) is 0 Å². The summed E-state index contributed by atoms with van der Waals surface area (Å²) in [5.41, 5.74) is 0.803. The molecule has 0 spiro atoms. The molecule has 0 radical (unpaired) electrons. The number of amidine groups is 1. The predicted molar refractivity (Wildman–Crippen MR) is 137 cm³/mol. The van der Waals surface area contributed by atoms with Crippen LogP contribution < -0.4 is 0 Å². The Morgan fingerprint density at radius 2 is 2.24 bits per heavy atom. The van der Waals surface area contributed by atoms with Crippen LogP contribution in [0.2, 0.25) is 0 Å². The van der Waals surface area contributed by atoms with Crippen molar-refractivity contribution in [2.45, 2.75) is 51.6 Å². The van der Waals surface area contributed by atoms with Crippen molar-refractivity contribution in [2.75, 3.05) is 26.5 Å². The van der Waals surface area contributed by atoms with Gasteiger partial charge in [-0.05, 0) is 49.7 Å². The van der Waals surface area contributed by atoms with Crippen molar-refractivity contribution in [3.05, 3.63) is 47.6 Å². The molecule has 0 amide bonds. The molecule has 1 unspecified atom stereocenters. The highest BCUT2D eigenvalue weighted by atomic mass is 32.2. The van der Waals surface area contributed by atoms with Crippen LogP contribution in [-0.4, -0.2) is 66.2 Å². The SMILES string of the molecule is C=NOC(=O)CCCSC1=NN=C(C/C(O)=C/CC)N(C2=CC(OC)CC/C=C\C=C2OC)C1. The zero-order valence-electron chi connectivity index (χ0n) is 20.1. The Balaban J connectivity index is 2.30. The lowest BCUT2D eigenvalue weighted by Crippen LogP contribution is -2.38. The molecule has 1 aliphatic carbocycles. The zero-order valence-corrected chi connectivity index (χ0v) is 20.9. The molecule has 0 aromatic heterocycles. The topological polar surface area (TPSA) is 105 Å². The van der Waals surface area contributed by atoms with Gasteiger partial charge in [-0.3, -0.25) is 0 Å². The molecule has 10 heteroatoms. The summed E-state index contributed by atoms with van der Waals surface area (Å²) in [7, 11) is 3.32. The first-order chi connectivity index (χ1) is 16.5. The summed E-state index contributed by atoms with van der Waals surface area (Å²) in [4.78, 5) is 18.0. The van der Waals surface area contributed by atoms with Gasteiger partial charge in [-0.25, -0.2) is 4.79 Å². The van der Waals surface area contributed by atoms with E-state index in [1.54, 1.807) is 20.3 Å². The second-order valence-corrected chi connectivity index (χ2v) is 8.66. The number of methoxy groups -OCH3 is 2. The molecule has 34 heavy (non-hydrogen) atoms. The van der Waals surface area contributed by atoms with Gasteiger partial charge in [-0.1, -0.05) is 24.2 Å². The van der Waals surface area contributed by atoms with Crippen molar-refractivity contribution in [2.24, 2.45) is 15.4 Å². The van der Waals surface area contributed by atoms with Gasteiger partial charge < -0.3 is 24.3 Å². The van der Waals surface area contributed by atoms with Crippen molar-refractivity contribution in [1.82, 2.24) is 4.90 Å². The van der Waals surface area contributed by atoms with Gasteiger partial charge in [0, 0.05) is 20.2 Å². The first kappa shape index (κ1) is 27.4. The maximum atomic E-state index is 11.5. The minimum Gasteiger partial charge on any atom is -0.512 e. The highest BCUT2D eigenvalue weighted by Gasteiger charge is 2.27. The molecule has 1 aliphatic heterocycles. The average Bonchev–Trinajstić information content (AvgIpc) is 2.93. The molecule has 2 rings (SSSR count). The lowest BCUT2D eigenvalue weighted by Gasteiger charge is -2.32. The normalized spacial score (nSPS) is 20.0. The van der Waals surface area contributed by atoms with Gasteiger partial charge in [-0.15, -0.1) is 22.0 Å².